The van der Waals surface area contributed by atoms with Crippen LogP contribution in [0.5, 0.6) is 11.5 Å². The smallest absolute Gasteiger partial charge is 0.269 e. The molecule has 0 atom stereocenters. The number of methoxy groups -OCH3 is 2. The Kier molecular flexibility index (Phi) is 7.88. The topological polar surface area (TPSA) is 75.7 Å². The van der Waals surface area contributed by atoms with Crippen molar-refractivity contribution < 1.29 is 14.3 Å². The molecule has 7 nitrogen and oxygen atoms in total. The molecule has 1 heterocycles. The fourth-order valence-corrected chi connectivity index (χ4v) is 2.52. The summed E-state index contributed by atoms with van der Waals surface area (Å²) in [4.78, 5) is 18.4. The number of carbonyl (C=O) groups excluding carboxylic acids is 1. The fourth-order valence-electron chi connectivity index (χ4n) is 2.52. The number of ether oxygens (including phenoxy) is 2. The lowest BCUT2D eigenvalue weighted by atomic mass is 10.2. The summed E-state index contributed by atoms with van der Waals surface area (Å²) >= 11 is 0. The third-order valence-corrected chi connectivity index (χ3v) is 4.01. The van der Waals surface area contributed by atoms with E-state index in [1.807, 2.05) is 38.4 Å². The molecule has 1 amide bonds. The predicted octanol–water partition coefficient (Wildman–Crippen LogP) is 2.39. The Morgan fingerprint density at radius 1 is 1.11 bits per heavy atom. The van der Waals surface area contributed by atoms with Crippen LogP contribution in [0, 0.1) is 0 Å². The minimum atomic E-state index is -0.153. The highest BCUT2D eigenvalue weighted by atomic mass is 16.5. The van der Waals surface area contributed by atoms with Crippen molar-refractivity contribution in [3.05, 3.63) is 47.8 Å². The minimum absolute atomic E-state index is 0.153. The molecule has 0 radical (unpaired) electrons. The highest BCUT2D eigenvalue weighted by Crippen LogP contribution is 2.27. The minimum Gasteiger partial charge on any atom is -0.493 e. The Morgan fingerprint density at radius 3 is 2.52 bits per heavy atom. The molecule has 0 spiro atoms. The molecular formula is C20H28N4O3. The van der Waals surface area contributed by atoms with Gasteiger partial charge in [0.25, 0.3) is 5.91 Å². The van der Waals surface area contributed by atoms with Crippen molar-refractivity contribution in [3.63, 3.8) is 0 Å². The third-order valence-electron chi connectivity index (χ3n) is 4.01. The zero-order valence-corrected chi connectivity index (χ0v) is 16.4. The van der Waals surface area contributed by atoms with Crippen LogP contribution in [-0.2, 0) is 6.54 Å². The number of nitrogens with zero attached hydrogens (tertiary/aromatic N) is 2. The Morgan fingerprint density at radius 2 is 1.89 bits per heavy atom. The number of rotatable bonds is 10. The number of benzene rings is 1. The predicted molar refractivity (Wildman–Crippen MR) is 107 cm³/mol. The van der Waals surface area contributed by atoms with Gasteiger partial charge in [0.1, 0.15) is 5.69 Å². The van der Waals surface area contributed by atoms with Gasteiger partial charge in [-0.1, -0.05) is 6.07 Å². The molecule has 0 saturated carbocycles. The van der Waals surface area contributed by atoms with Gasteiger partial charge in [0.2, 0.25) is 0 Å². The summed E-state index contributed by atoms with van der Waals surface area (Å²) in [6.45, 7) is 2.18. The van der Waals surface area contributed by atoms with Crippen LogP contribution in [0.25, 0.3) is 0 Å². The van der Waals surface area contributed by atoms with E-state index < -0.39 is 0 Å². The van der Waals surface area contributed by atoms with Gasteiger partial charge < -0.3 is 25.0 Å². The van der Waals surface area contributed by atoms with Crippen molar-refractivity contribution in [1.29, 1.82) is 0 Å². The van der Waals surface area contributed by atoms with Gasteiger partial charge in [-0.3, -0.25) is 4.79 Å². The molecule has 1 aromatic heterocycles. The van der Waals surface area contributed by atoms with Crippen LogP contribution in [0.3, 0.4) is 0 Å². The average Bonchev–Trinajstić information content (AvgIpc) is 2.69. The van der Waals surface area contributed by atoms with Gasteiger partial charge in [0.05, 0.1) is 26.1 Å². The van der Waals surface area contributed by atoms with E-state index in [4.69, 9.17) is 9.47 Å². The molecule has 0 aliphatic rings. The maximum atomic E-state index is 12.1. The molecule has 0 unspecified atom stereocenters. The SMILES string of the molecule is COc1ccc(CNc2ccc(C(=O)NCCCN(C)C)nc2)cc1OC. The van der Waals surface area contributed by atoms with Crippen LogP contribution in [0.1, 0.15) is 22.5 Å². The van der Waals surface area contributed by atoms with E-state index in [-0.39, 0.29) is 5.91 Å². The maximum Gasteiger partial charge on any atom is 0.269 e. The second-order valence-electron chi connectivity index (χ2n) is 6.39. The zero-order valence-electron chi connectivity index (χ0n) is 16.4. The molecule has 1 aromatic carbocycles. The molecule has 2 rings (SSSR count). The summed E-state index contributed by atoms with van der Waals surface area (Å²) in [7, 11) is 7.25. The monoisotopic (exact) mass is 372 g/mol. The quantitative estimate of drug-likeness (QED) is 0.624. The number of nitrogens with one attached hydrogen (secondary N) is 2. The molecule has 0 fully saturated rings. The van der Waals surface area contributed by atoms with Crippen LogP contribution in [0.15, 0.2) is 36.5 Å². The van der Waals surface area contributed by atoms with Crippen molar-refractivity contribution in [2.75, 3.05) is 46.7 Å². The van der Waals surface area contributed by atoms with Gasteiger partial charge >= 0.3 is 0 Å². The molecule has 7 heteroatoms. The van der Waals surface area contributed by atoms with Gasteiger partial charge in [0.15, 0.2) is 11.5 Å². The van der Waals surface area contributed by atoms with E-state index in [2.05, 4.69) is 20.5 Å². The molecule has 2 aromatic rings. The second-order valence-corrected chi connectivity index (χ2v) is 6.39. The first-order valence-electron chi connectivity index (χ1n) is 8.87. The Labute approximate surface area is 160 Å². The van der Waals surface area contributed by atoms with Crippen LogP contribution in [0.2, 0.25) is 0 Å². The first-order chi connectivity index (χ1) is 13.0. The van der Waals surface area contributed by atoms with Gasteiger partial charge in [-0.05, 0) is 56.9 Å². The molecule has 146 valence electrons. The highest BCUT2D eigenvalue weighted by molar-refractivity contribution is 5.92. The lowest BCUT2D eigenvalue weighted by Gasteiger charge is -2.11. The summed E-state index contributed by atoms with van der Waals surface area (Å²) in [5.41, 5.74) is 2.31. The standard InChI is InChI=1S/C20H28N4O3/c1-24(2)11-5-10-21-20(25)17-8-7-16(14-23-17)22-13-15-6-9-18(26-3)19(12-15)27-4/h6-9,12,14,22H,5,10-11,13H2,1-4H3,(H,21,25). The maximum absolute atomic E-state index is 12.1. The molecule has 0 aliphatic heterocycles. The number of aromatic nitrogens is 1. The largest absolute Gasteiger partial charge is 0.493 e. The molecule has 0 saturated heterocycles. The van der Waals surface area contributed by atoms with Gasteiger partial charge in [-0.2, -0.15) is 0 Å². The first-order valence-corrected chi connectivity index (χ1v) is 8.87. The van der Waals surface area contributed by atoms with Crippen molar-refractivity contribution in [2.45, 2.75) is 13.0 Å². The van der Waals surface area contributed by atoms with E-state index in [9.17, 15) is 4.79 Å². The van der Waals surface area contributed by atoms with Crippen molar-refractivity contribution in [1.82, 2.24) is 15.2 Å². The summed E-state index contributed by atoms with van der Waals surface area (Å²) in [6, 6.07) is 9.34. The van der Waals surface area contributed by atoms with E-state index in [0.717, 1.165) is 24.2 Å². The van der Waals surface area contributed by atoms with Gasteiger partial charge in [-0.15, -0.1) is 0 Å². The van der Waals surface area contributed by atoms with Crippen LogP contribution >= 0.6 is 0 Å². The molecular weight excluding hydrogens is 344 g/mol. The van der Waals surface area contributed by atoms with Crippen molar-refractivity contribution in [3.8, 4) is 11.5 Å². The van der Waals surface area contributed by atoms with Crippen LogP contribution < -0.4 is 20.1 Å². The fraction of sp³-hybridized carbons (Fsp3) is 0.400. The molecule has 2 N–H and O–H groups in total. The Hall–Kier alpha value is -2.80. The summed E-state index contributed by atoms with van der Waals surface area (Å²) in [6.07, 6.45) is 2.57. The molecule has 0 bridgehead atoms. The van der Waals surface area contributed by atoms with Crippen LogP contribution in [0.4, 0.5) is 5.69 Å². The van der Waals surface area contributed by atoms with Crippen molar-refractivity contribution >= 4 is 11.6 Å². The molecule has 27 heavy (non-hydrogen) atoms. The Balaban J connectivity index is 1.85. The first kappa shape index (κ1) is 20.5. The zero-order chi connectivity index (χ0) is 19.6. The summed E-state index contributed by atoms with van der Waals surface area (Å²) in [5, 5.41) is 6.17. The van der Waals surface area contributed by atoms with Gasteiger partial charge in [-0.25, -0.2) is 4.98 Å². The van der Waals surface area contributed by atoms with E-state index >= 15 is 0 Å². The Bertz CT molecular complexity index is 733. The number of pyridine rings is 1. The highest BCUT2D eigenvalue weighted by Gasteiger charge is 2.07. The van der Waals surface area contributed by atoms with Gasteiger partial charge in [0, 0.05) is 13.1 Å². The number of hydrogen-bond acceptors (Lipinski definition) is 6. The average molecular weight is 372 g/mol. The number of anilines is 1. The van der Waals surface area contributed by atoms with Crippen LogP contribution in [-0.4, -0.2) is 57.2 Å². The summed E-state index contributed by atoms with van der Waals surface area (Å²) in [5.74, 6) is 1.24. The second kappa shape index (κ2) is 10.4. The van der Waals surface area contributed by atoms with Crippen molar-refractivity contribution in [2.24, 2.45) is 0 Å². The van der Waals surface area contributed by atoms with E-state index in [1.54, 1.807) is 26.5 Å². The normalized spacial score (nSPS) is 10.6. The lowest BCUT2D eigenvalue weighted by molar-refractivity contribution is 0.0947. The number of hydrogen-bond donors (Lipinski definition) is 2. The van der Waals surface area contributed by atoms with E-state index in [0.29, 0.717) is 30.3 Å². The number of carbonyl (C=O) groups is 1. The third kappa shape index (κ3) is 6.45. The van der Waals surface area contributed by atoms with E-state index in [1.165, 1.54) is 0 Å². The molecule has 0 aliphatic carbocycles. The lowest BCUT2D eigenvalue weighted by Crippen LogP contribution is -2.27. The number of amides is 1. The summed E-state index contributed by atoms with van der Waals surface area (Å²) < 4.78 is 10.6.